The van der Waals surface area contributed by atoms with Gasteiger partial charge in [0.1, 0.15) is 54.0 Å². The summed E-state index contributed by atoms with van der Waals surface area (Å²) in [7, 11) is 0. The van der Waals surface area contributed by atoms with E-state index in [0.717, 1.165) is 149 Å². The van der Waals surface area contributed by atoms with E-state index in [1.807, 2.05) is 134 Å². The molecule has 15 aromatic rings. The predicted octanol–water partition coefficient (Wildman–Crippen LogP) is 17.6. The van der Waals surface area contributed by atoms with Gasteiger partial charge < -0.3 is 18.9 Å². The molecule has 6 heterocycles. The van der Waals surface area contributed by atoms with Crippen molar-refractivity contribution in [3.05, 3.63) is 323 Å². The molecule has 0 saturated heterocycles. The van der Waals surface area contributed by atoms with Crippen LogP contribution in [-0.2, 0) is 76.8 Å². The molecule has 0 spiro atoms. The molecule has 0 fully saturated rings. The Hall–Kier alpha value is -11.7. The number of ether oxygens (including phenoxy) is 4. The van der Waals surface area contributed by atoms with Gasteiger partial charge in [-0.1, -0.05) is 153 Å². The van der Waals surface area contributed by atoms with Crippen molar-refractivity contribution < 1.29 is 18.9 Å². The van der Waals surface area contributed by atoms with Crippen LogP contribution >= 0.6 is 23.5 Å². The lowest BCUT2D eigenvalue weighted by molar-refractivity contribution is 0.210. The smallest absolute Gasteiger partial charge is 0.152 e. The molecule has 3 unspecified atom stereocenters. The Balaban J connectivity index is 0.000000142. The summed E-state index contributed by atoms with van der Waals surface area (Å²) in [6, 6.07) is 88.1. The molecule has 0 amide bonds. The average molecular weight is 1460 g/mol. The SMILES string of the molecule is CC(CCc1nnn[nH]1)Oc1ccc(CCc2ccc(OCc3ccc4ccccc4n3)cc2)cc1.CC(CCc1nnn[nH]1)Sc1cccc(CCc2cccc(SCc3ccc4ccccc4n3)c2)c1.CC(Cc1nnn[nH]1)Oc1cccc(CCc2cccc(OCc3ccc4ccccc4n3)c2)c1. The number of aromatic amines is 3. The third-order valence-electron chi connectivity index (χ3n) is 17.9. The van der Waals surface area contributed by atoms with Gasteiger partial charge in [0.25, 0.3) is 0 Å². The lowest BCUT2D eigenvalue weighted by Crippen LogP contribution is -2.16. The summed E-state index contributed by atoms with van der Waals surface area (Å²) in [5, 5.41) is 45.8. The maximum absolute atomic E-state index is 6.06. The second kappa shape index (κ2) is 38.4. The Kier molecular flexibility index (Phi) is 26.4. The molecule has 0 bridgehead atoms. The molecule has 107 heavy (non-hydrogen) atoms. The minimum absolute atomic E-state index is 0.0362. The van der Waals surface area contributed by atoms with Gasteiger partial charge in [0.05, 0.1) is 39.7 Å². The highest BCUT2D eigenvalue weighted by molar-refractivity contribution is 8.00. The number of H-pyrrole nitrogens is 3. The summed E-state index contributed by atoms with van der Waals surface area (Å²) in [6.45, 7) is 7.22. The van der Waals surface area contributed by atoms with E-state index < -0.39 is 0 Å². The molecule has 15 rings (SSSR count). The van der Waals surface area contributed by atoms with E-state index in [2.05, 4.69) is 237 Å². The lowest BCUT2D eigenvalue weighted by atomic mass is 10.0. The molecule has 0 radical (unpaired) electrons. The van der Waals surface area contributed by atoms with Gasteiger partial charge in [-0.3, -0.25) is 4.98 Å². The normalized spacial score (nSPS) is 12.0. The quantitative estimate of drug-likeness (QED) is 0.0332. The molecular formula is C86H85N15O4S2. The molecule has 0 aliphatic carbocycles. The number of pyridine rings is 3. The van der Waals surface area contributed by atoms with Crippen molar-refractivity contribution in [3.8, 4) is 23.0 Å². The van der Waals surface area contributed by atoms with Crippen molar-refractivity contribution in [2.24, 2.45) is 0 Å². The fourth-order valence-corrected chi connectivity index (χ4v) is 14.1. The predicted molar refractivity (Wildman–Crippen MR) is 423 cm³/mol. The van der Waals surface area contributed by atoms with E-state index in [-0.39, 0.29) is 12.2 Å². The van der Waals surface area contributed by atoms with Crippen molar-refractivity contribution in [3.63, 3.8) is 0 Å². The van der Waals surface area contributed by atoms with Crippen LogP contribution in [0.3, 0.4) is 0 Å². The number of tetrazole rings is 3. The number of nitrogens with one attached hydrogen (secondary N) is 3. The highest BCUT2D eigenvalue weighted by atomic mass is 32.2. The van der Waals surface area contributed by atoms with Crippen LogP contribution in [0.2, 0.25) is 0 Å². The van der Waals surface area contributed by atoms with Crippen LogP contribution in [0.25, 0.3) is 32.7 Å². The molecule has 6 aromatic heterocycles. The summed E-state index contributed by atoms with van der Waals surface area (Å²) >= 11 is 3.77. The number of nitrogens with zero attached hydrogens (tertiary/aromatic N) is 12. The van der Waals surface area contributed by atoms with Crippen molar-refractivity contribution >= 4 is 56.2 Å². The Morgan fingerprint density at radius 2 is 0.766 bits per heavy atom. The first kappa shape index (κ1) is 73.6. The average Bonchev–Trinajstić information content (AvgIpc) is 1.02. The summed E-state index contributed by atoms with van der Waals surface area (Å²) in [4.78, 5) is 16.8. The van der Waals surface area contributed by atoms with Crippen molar-refractivity contribution in [2.45, 2.75) is 138 Å². The first-order chi connectivity index (χ1) is 52.6. The molecule has 3 atom stereocenters. The maximum Gasteiger partial charge on any atom is 0.152 e. The lowest BCUT2D eigenvalue weighted by Gasteiger charge is -2.14. The summed E-state index contributed by atoms with van der Waals surface area (Å²) in [6.07, 6.45) is 10.00. The van der Waals surface area contributed by atoms with Gasteiger partial charge in [0.15, 0.2) is 5.82 Å². The zero-order chi connectivity index (χ0) is 73.0. The second-order valence-corrected chi connectivity index (χ2v) is 28.9. The zero-order valence-electron chi connectivity index (χ0n) is 60.2. The zero-order valence-corrected chi connectivity index (χ0v) is 61.8. The number of fused-ring (bicyclic) bond motifs is 3. The van der Waals surface area contributed by atoms with Crippen LogP contribution in [-0.4, -0.2) is 94.3 Å². The van der Waals surface area contributed by atoms with Gasteiger partial charge in [-0.25, -0.2) is 25.3 Å². The van der Waals surface area contributed by atoms with Crippen molar-refractivity contribution in [1.29, 1.82) is 0 Å². The van der Waals surface area contributed by atoms with Crippen LogP contribution in [0, 0.1) is 0 Å². The minimum atomic E-state index is -0.0362. The second-order valence-electron chi connectivity index (χ2n) is 26.3. The summed E-state index contributed by atoms with van der Waals surface area (Å²) < 4.78 is 24.1. The number of rotatable bonds is 32. The fourth-order valence-electron chi connectivity index (χ4n) is 12.2. The Bertz CT molecular complexity index is 5190. The maximum atomic E-state index is 6.06. The van der Waals surface area contributed by atoms with Crippen LogP contribution in [0.4, 0.5) is 0 Å². The fraction of sp³-hybridized carbons (Fsp3) is 0.233. The van der Waals surface area contributed by atoms with Gasteiger partial charge in [-0.05, 0) is 239 Å². The van der Waals surface area contributed by atoms with E-state index in [4.69, 9.17) is 23.9 Å². The minimum Gasteiger partial charge on any atom is -0.491 e. The van der Waals surface area contributed by atoms with Crippen molar-refractivity contribution in [1.82, 2.24) is 76.8 Å². The third kappa shape index (κ3) is 23.4. The van der Waals surface area contributed by atoms with E-state index in [9.17, 15) is 0 Å². The highest BCUT2D eigenvalue weighted by Gasteiger charge is 2.13. The van der Waals surface area contributed by atoms with Crippen LogP contribution < -0.4 is 18.9 Å². The molecule has 0 aliphatic rings. The highest BCUT2D eigenvalue weighted by Crippen LogP contribution is 2.30. The van der Waals surface area contributed by atoms with Gasteiger partial charge >= 0.3 is 0 Å². The number of hydrogen-bond donors (Lipinski definition) is 3. The number of para-hydroxylation sites is 3. The number of aryl methyl sites for hydroxylation is 8. The number of hydrogen-bond acceptors (Lipinski definition) is 18. The van der Waals surface area contributed by atoms with Gasteiger partial charge in [0.2, 0.25) is 0 Å². The Labute approximate surface area is 631 Å². The molecule has 3 N–H and O–H groups in total. The van der Waals surface area contributed by atoms with Crippen LogP contribution in [0.15, 0.2) is 265 Å². The summed E-state index contributed by atoms with van der Waals surface area (Å²) in [5.41, 5.74) is 13.8. The third-order valence-corrected chi connectivity index (χ3v) is 20.1. The molecule has 19 nitrogen and oxygen atoms in total. The van der Waals surface area contributed by atoms with Crippen molar-refractivity contribution in [2.75, 3.05) is 0 Å². The van der Waals surface area contributed by atoms with E-state index >= 15 is 0 Å². The van der Waals surface area contributed by atoms with E-state index in [1.54, 1.807) is 0 Å². The first-order valence-electron chi connectivity index (χ1n) is 36.3. The number of thioether (sulfide) groups is 2. The monoisotopic (exact) mass is 1460 g/mol. The molecule has 0 saturated carbocycles. The topological polar surface area (TPSA) is 239 Å². The Morgan fingerprint density at radius 3 is 1.32 bits per heavy atom. The molecule has 9 aromatic carbocycles. The molecule has 21 heteroatoms. The van der Waals surface area contributed by atoms with Gasteiger partial charge in [-0.15, -0.1) is 38.8 Å². The van der Waals surface area contributed by atoms with Crippen LogP contribution in [0.1, 0.15) is 102 Å². The van der Waals surface area contributed by atoms with Gasteiger partial charge in [0, 0.05) is 56.2 Å². The van der Waals surface area contributed by atoms with E-state index in [1.165, 1.54) is 48.6 Å². The standard InChI is InChI=1S/C29H29N5O2.C29H29N5S2.C28H27N5O2/c1-21(6-19-29-31-33-34-32-29)36-27-17-11-23(12-18-27)8-7-22-9-15-26(16-10-22)35-20-25-14-13-24-4-2-3-5-28(24)30-25;1-21(12-17-29-31-33-34-32-29)36-27-10-5-7-23(19-27)14-13-22-6-4-9-26(18-22)35-20-25-16-15-24-8-2-3-11-28(24)30-25;1-20(16-28-30-32-33-31-28)35-26-10-5-7-22(18-26)13-12-21-6-4-9-25(17-21)34-19-24-15-14-23-8-2-3-11-27(23)29-24/h2-5,9-18,21H,6-8,19-20H2,1H3,(H,31,32,33,34);2-11,15-16,18-19,21H,12-14,17,20H2,1H3,(H,31,32,33,34);2-11,14-15,17-18,20H,12-13,16,19H2,1H3,(H,30,31,32,33). The van der Waals surface area contributed by atoms with Crippen LogP contribution in [0.5, 0.6) is 23.0 Å². The summed E-state index contributed by atoms with van der Waals surface area (Å²) in [5.74, 6) is 6.65. The largest absolute Gasteiger partial charge is 0.491 e. The molecule has 540 valence electrons. The first-order valence-corrected chi connectivity index (χ1v) is 38.1. The number of benzene rings is 9. The van der Waals surface area contributed by atoms with E-state index in [0.29, 0.717) is 30.7 Å². The van der Waals surface area contributed by atoms with Gasteiger partial charge in [-0.2, -0.15) is 0 Å². The number of aromatic nitrogens is 15. The Morgan fingerprint density at radius 1 is 0.336 bits per heavy atom. The molecular weight excluding hydrogens is 1370 g/mol. The molecule has 0 aliphatic heterocycles.